The highest BCUT2D eigenvalue weighted by molar-refractivity contribution is 9.10. The number of benzene rings is 3. The Hall–Kier alpha value is -2.76. The van der Waals surface area contributed by atoms with Gasteiger partial charge in [0.1, 0.15) is 0 Å². The number of hydrogen-bond donors (Lipinski definition) is 0. The van der Waals surface area contributed by atoms with Gasteiger partial charge in [0.05, 0.1) is 11.9 Å². The number of nitrogens with zero attached hydrogens (tertiary/aromatic N) is 3. The summed E-state index contributed by atoms with van der Waals surface area (Å²) < 4.78 is 2.92. The highest BCUT2D eigenvalue weighted by Crippen LogP contribution is 2.25. The summed E-state index contributed by atoms with van der Waals surface area (Å²) in [6.45, 7) is 0. The molecule has 5 heteroatoms. The summed E-state index contributed by atoms with van der Waals surface area (Å²) in [6.07, 6.45) is 1.86. The Labute approximate surface area is 176 Å². The highest BCUT2D eigenvalue weighted by atomic mass is 79.9. The summed E-state index contributed by atoms with van der Waals surface area (Å²) in [7, 11) is 1.79. The average molecular weight is 448 g/mol. The lowest BCUT2D eigenvalue weighted by Crippen LogP contribution is -2.11. The van der Waals surface area contributed by atoms with Gasteiger partial charge in [-0.3, -0.25) is 4.99 Å². The highest BCUT2D eigenvalue weighted by Gasteiger charge is 2.07. The lowest BCUT2D eigenvalue weighted by molar-refractivity contribution is 0.848. The molecular weight excluding hydrogens is 430 g/mol. The molecule has 0 unspecified atom stereocenters. The minimum atomic E-state index is 0.855. The van der Waals surface area contributed by atoms with Crippen LogP contribution in [0.5, 0.6) is 0 Å². The maximum atomic E-state index is 4.69. The Balaban J connectivity index is 1.70. The van der Waals surface area contributed by atoms with E-state index in [1.54, 1.807) is 18.4 Å². The average Bonchev–Trinajstić information content (AvgIpc) is 3.16. The number of rotatable bonds is 4. The second kappa shape index (κ2) is 8.50. The Morgan fingerprint density at radius 2 is 1.57 bits per heavy atom. The van der Waals surface area contributed by atoms with Gasteiger partial charge < -0.3 is 0 Å². The number of halogens is 1. The zero-order valence-electron chi connectivity index (χ0n) is 15.3. The Morgan fingerprint density at radius 1 is 0.857 bits per heavy atom. The van der Waals surface area contributed by atoms with Crippen LogP contribution in [-0.4, -0.2) is 17.9 Å². The fourth-order valence-corrected chi connectivity index (χ4v) is 4.16. The van der Waals surface area contributed by atoms with Gasteiger partial charge in [-0.15, -0.1) is 11.3 Å². The normalized spacial score (nSPS) is 12.0. The van der Waals surface area contributed by atoms with Crippen LogP contribution in [0.4, 0.5) is 0 Å². The first-order valence-corrected chi connectivity index (χ1v) is 10.5. The van der Waals surface area contributed by atoms with Gasteiger partial charge in [-0.25, -0.2) is 4.68 Å². The fraction of sp³-hybridized carbons (Fsp3) is 0.0435. The Bertz CT molecular complexity index is 1170. The Kier molecular flexibility index (Phi) is 5.65. The van der Waals surface area contributed by atoms with E-state index in [0.29, 0.717) is 0 Å². The van der Waals surface area contributed by atoms with Crippen molar-refractivity contribution in [3.63, 3.8) is 0 Å². The molecule has 0 bridgehead atoms. The van der Waals surface area contributed by atoms with Crippen molar-refractivity contribution < 1.29 is 0 Å². The van der Waals surface area contributed by atoms with Crippen molar-refractivity contribution in [3.8, 4) is 22.4 Å². The molecule has 0 saturated carbocycles. The molecule has 4 rings (SSSR count). The van der Waals surface area contributed by atoms with E-state index in [1.165, 1.54) is 11.1 Å². The van der Waals surface area contributed by atoms with Gasteiger partial charge in [0.2, 0.25) is 4.80 Å². The van der Waals surface area contributed by atoms with Crippen LogP contribution in [0.25, 0.3) is 22.4 Å². The standard InChI is InChI=1S/C23H18BrN3S/c1-25-23-27(26-15-17-6-5-9-21(24)14-17)22(16-28-23)20-12-10-19(11-13-20)18-7-3-2-4-8-18/h2-16H,1H3/b25-23?,26-15+. The van der Waals surface area contributed by atoms with Crippen LogP contribution in [0.3, 0.4) is 0 Å². The monoisotopic (exact) mass is 447 g/mol. The van der Waals surface area contributed by atoms with E-state index in [0.717, 1.165) is 26.1 Å². The first-order valence-electron chi connectivity index (χ1n) is 8.84. The predicted molar refractivity (Wildman–Crippen MR) is 122 cm³/mol. The van der Waals surface area contributed by atoms with Crippen molar-refractivity contribution in [2.75, 3.05) is 7.05 Å². The van der Waals surface area contributed by atoms with Gasteiger partial charge in [0.25, 0.3) is 0 Å². The molecule has 4 aromatic rings. The minimum absolute atomic E-state index is 0.855. The minimum Gasteiger partial charge on any atom is -0.261 e. The second-order valence-corrected chi connectivity index (χ2v) is 7.93. The second-order valence-electron chi connectivity index (χ2n) is 6.18. The molecule has 138 valence electrons. The predicted octanol–water partition coefficient (Wildman–Crippen LogP) is 6.06. The maximum absolute atomic E-state index is 4.69. The van der Waals surface area contributed by atoms with Crippen molar-refractivity contribution in [3.05, 3.63) is 99.1 Å². The van der Waals surface area contributed by atoms with Gasteiger partial charge in [0.15, 0.2) is 0 Å². The van der Waals surface area contributed by atoms with E-state index >= 15 is 0 Å². The van der Waals surface area contributed by atoms with E-state index in [-0.39, 0.29) is 0 Å². The van der Waals surface area contributed by atoms with Crippen LogP contribution < -0.4 is 4.80 Å². The van der Waals surface area contributed by atoms with Gasteiger partial charge in [0, 0.05) is 22.5 Å². The molecule has 1 heterocycles. The van der Waals surface area contributed by atoms with E-state index in [2.05, 4.69) is 74.8 Å². The van der Waals surface area contributed by atoms with E-state index in [4.69, 9.17) is 5.10 Å². The van der Waals surface area contributed by atoms with Gasteiger partial charge in [-0.05, 0) is 28.8 Å². The molecule has 0 amide bonds. The molecule has 0 N–H and O–H groups in total. The Morgan fingerprint density at radius 3 is 2.29 bits per heavy atom. The molecule has 0 aliphatic heterocycles. The third kappa shape index (κ3) is 4.06. The summed E-state index contributed by atoms with van der Waals surface area (Å²) in [5.41, 5.74) is 5.57. The lowest BCUT2D eigenvalue weighted by atomic mass is 10.0. The maximum Gasteiger partial charge on any atom is 0.205 e. The van der Waals surface area contributed by atoms with Crippen molar-refractivity contribution in [1.82, 2.24) is 4.68 Å². The first kappa shape index (κ1) is 18.6. The fourth-order valence-electron chi connectivity index (χ4n) is 2.94. The summed E-state index contributed by atoms with van der Waals surface area (Å²) in [6, 6.07) is 27.0. The van der Waals surface area contributed by atoms with E-state index in [1.807, 2.05) is 41.2 Å². The molecule has 0 aliphatic carbocycles. The van der Waals surface area contributed by atoms with E-state index in [9.17, 15) is 0 Å². The molecular formula is C23H18BrN3S. The van der Waals surface area contributed by atoms with Crippen LogP contribution in [0.1, 0.15) is 5.56 Å². The summed E-state index contributed by atoms with van der Waals surface area (Å²) in [5.74, 6) is 0. The largest absolute Gasteiger partial charge is 0.261 e. The summed E-state index contributed by atoms with van der Waals surface area (Å²) in [4.78, 5) is 5.23. The molecule has 3 aromatic carbocycles. The van der Waals surface area contributed by atoms with Crippen LogP contribution in [-0.2, 0) is 0 Å². The first-order chi connectivity index (χ1) is 13.7. The van der Waals surface area contributed by atoms with Crippen LogP contribution >= 0.6 is 27.3 Å². The molecule has 0 aliphatic rings. The van der Waals surface area contributed by atoms with Crippen molar-refractivity contribution in [2.45, 2.75) is 0 Å². The molecule has 0 fully saturated rings. The van der Waals surface area contributed by atoms with Gasteiger partial charge >= 0.3 is 0 Å². The quantitative estimate of drug-likeness (QED) is 0.340. The SMILES string of the molecule is CN=c1scc(-c2ccc(-c3ccccc3)cc2)n1/N=C/c1cccc(Br)c1. The molecule has 3 nitrogen and oxygen atoms in total. The van der Waals surface area contributed by atoms with Crippen molar-refractivity contribution in [2.24, 2.45) is 10.1 Å². The van der Waals surface area contributed by atoms with Gasteiger partial charge in [-0.1, -0.05) is 82.7 Å². The summed E-state index contributed by atoms with van der Waals surface area (Å²) in [5, 5.41) is 6.79. The van der Waals surface area contributed by atoms with Gasteiger partial charge in [-0.2, -0.15) is 5.10 Å². The smallest absolute Gasteiger partial charge is 0.205 e. The zero-order chi connectivity index (χ0) is 19.3. The molecule has 0 spiro atoms. The molecule has 28 heavy (non-hydrogen) atoms. The van der Waals surface area contributed by atoms with Crippen molar-refractivity contribution >= 4 is 33.5 Å². The zero-order valence-corrected chi connectivity index (χ0v) is 17.7. The van der Waals surface area contributed by atoms with E-state index < -0.39 is 0 Å². The van der Waals surface area contributed by atoms with Crippen LogP contribution in [0.15, 0.2) is 98.8 Å². The third-order valence-electron chi connectivity index (χ3n) is 4.34. The molecule has 0 radical (unpaired) electrons. The third-order valence-corrected chi connectivity index (χ3v) is 5.74. The molecule has 0 atom stereocenters. The van der Waals surface area contributed by atoms with Crippen molar-refractivity contribution in [1.29, 1.82) is 0 Å². The number of thiazole rings is 1. The number of aromatic nitrogens is 1. The molecule has 1 aromatic heterocycles. The number of hydrogen-bond acceptors (Lipinski definition) is 3. The van der Waals surface area contributed by atoms with Crippen LogP contribution in [0.2, 0.25) is 0 Å². The molecule has 0 saturated heterocycles. The van der Waals surface area contributed by atoms with Crippen LogP contribution in [0, 0.1) is 0 Å². The topological polar surface area (TPSA) is 29.6 Å². The lowest BCUT2D eigenvalue weighted by Gasteiger charge is -2.06. The summed E-state index contributed by atoms with van der Waals surface area (Å²) >= 11 is 5.08.